The lowest BCUT2D eigenvalue weighted by atomic mass is 10.1. The predicted octanol–water partition coefficient (Wildman–Crippen LogP) is 3.77. The molecule has 62 valence electrons. The monoisotopic (exact) mass is 154 g/mol. The van der Waals surface area contributed by atoms with E-state index in [1.54, 1.807) is 6.08 Å². The molecular weight excluding hydrogens is 139 g/mol. The third-order valence-corrected chi connectivity index (χ3v) is 1.73. The molecule has 0 aromatic rings. The number of allylic oxidation sites excluding steroid dienone is 5. The Morgan fingerprint density at radius 1 is 1.27 bits per heavy atom. The SMILES string of the molecule is CC/C(C)=C(C)/C=C\C=C\F. The molecule has 1 heteroatoms. The van der Waals surface area contributed by atoms with Crippen LogP contribution in [-0.2, 0) is 0 Å². The Morgan fingerprint density at radius 3 is 2.36 bits per heavy atom. The van der Waals surface area contributed by atoms with Crippen molar-refractivity contribution in [3.8, 4) is 0 Å². The van der Waals surface area contributed by atoms with E-state index < -0.39 is 0 Å². The Balaban J connectivity index is 4.14. The first kappa shape index (κ1) is 10.2. The second-order valence-electron chi connectivity index (χ2n) is 2.49. The van der Waals surface area contributed by atoms with Crippen LogP contribution in [0.15, 0.2) is 35.7 Å². The summed E-state index contributed by atoms with van der Waals surface area (Å²) >= 11 is 0. The molecule has 0 heterocycles. The average molecular weight is 154 g/mol. The maximum atomic E-state index is 11.5. The van der Waals surface area contributed by atoms with Gasteiger partial charge in [0.05, 0.1) is 6.33 Å². The van der Waals surface area contributed by atoms with Crippen molar-refractivity contribution in [2.75, 3.05) is 0 Å². The maximum Gasteiger partial charge on any atom is 0.0866 e. The fourth-order valence-electron chi connectivity index (χ4n) is 0.663. The van der Waals surface area contributed by atoms with Gasteiger partial charge in [0.25, 0.3) is 0 Å². The number of hydrogen-bond acceptors (Lipinski definition) is 0. The number of halogens is 1. The Morgan fingerprint density at radius 2 is 1.91 bits per heavy atom. The molecule has 0 atom stereocenters. The summed E-state index contributed by atoms with van der Waals surface area (Å²) in [5, 5.41) is 0. The van der Waals surface area contributed by atoms with E-state index in [0.717, 1.165) is 6.42 Å². The van der Waals surface area contributed by atoms with Gasteiger partial charge >= 0.3 is 0 Å². The van der Waals surface area contributed by atoms with Crippen molar-refractivity contribution in [1.82, 2.24) is 0 Å². The summed E-state index contributed by atoms with van der Waals surface area (Å²) in [4.78, 5) is 0. The summed E-state index contributed by atoms with van der Waals surface area (Å²) < 4.78 is 11.5. The van der Waals surface area contributed by atoms with E-state index >= 15 is 0 Å². The van der Waals surface area contributed by atoms with Gasteiger partial charge in [0.15, 0.2) is 0 Å². The zero-order chi connectivity index (χ0) is 8.69. The van der Waals surface area contributed by atoms with Crippen molar-refractivity contribution >= 4 is 0 Å². The topological polar surface area (TPSA) is 0 Å². The molecule has 0 fully saturated rings. The van der Waals surface area contributed by atoms with Crippen LogP contribution in [0.25, 0.3) is 0 Å². The van der Waals surface area contributed by atoms with Crippen molar-refractivity contribution < 1.29 is 4.39 Å². The van der Waals surface area contributed by atoms with E-state index in [-0.39, 0.29) is 0 Å². The summed E-state index contributed by atoms with van der Waals surface area (Å²) in [6.07, 6.45) is 6.58. The van der Waals surface area contributed by atoms with Gasteiger partial charge in [-0.15, -0.1) is 0 Å². The second kappa shape index (κ2) is 5.90. The molecular formula is C10H15F. The van der Waals surface area contributed by atoms with Gasteiger partial charge in [-0.2, -0.15) is 0 Å². The largest absolute Gasteiger partial charge is 0.216 e. The summed E-state index contributed by atoms with van der Waals surface area (Å²) in [7, 11) is 0. The lowest BCUT2D eigenvalue weighted by Gasteiger charge is -1.97. The summed E-state index contributed by atoms with van der Waals surface area (Å²) in [6, 6.07) is 0. The molecule has 0 radical (unpaired) electrons. The quantitative estimate of drug-likeness (QED) is 0.543. The van der Waals surface area contributed by atoms with Gasteiger partial charge in [-0.1, -0.05) is 30.2 Å². The van der Waals surface area contributed by atoms with Crippen LogP contribution in [0.4, 0.5) is 4.39 Å². The smallest absolute Gasteiger partial charge is 0.0866 e. The van der Waals surface area contributed by atoms with Crippen molar-refractivity contribution in [3.63, 3.8) is 0 Å². The molecule has 0 bridgehead atoms. The third kappa shape index (κ3) is 4.54. The van der Waals surface area contributed by atoms with Crippen molar-refractivity contribution in [3.05, 3.63) is 35.7 Å². The Labute approximate surface area is 68.1 Å². The van der Waals surface area contributed by atoms with E-state index in [2.05, 4.69) is 13.8 Å². The molecule has 0 rings (SSSR count). The molecule has 0 aromatic carbocycles. The predicted molar refractivity (Wildman–Crippen MR) is 48.1 cm³/mol. The highest BCUT2D eigenvalue weighted by Gasteiger charge is 1.87. The lowest BCUT2D eigenvalue weighted by Crippen LogP contribution is -1.76. The van der Waals surface area contributed by atoms with Crippen LogP contribution in [-0.4, -0.2) is 0 Å². The number of rotatable bonds is 3. The van der Waals surface area contributed by atoms with E-state index in [4.69, 9.17) is 0 Å². The summed E-state index contributed by atoms with van der Waals surface area (Å²) in [6.45, 7) is 6.22. The molecule has 0 N–H and O–H groups in total. The van der Waals surface area contributed by atoms with Gasteiger partial charge in [0, 0.05) is 0 Å². The van der Waals surface area contributed by atoms with E-state index in [1.165, 1.54) is 17.2 Å². The molecule has 0 unspecified atom stereocenters. The highest BCUT2D eigenvalue weighted by atomic mass is 19.1. The highest BCUT2D eigenvalue weighted by molar-refractivity contribution is 5.24. The summed E-state index contributed by atoms with van der Waals surface area (Å²) in [5.41, 5.74) is 2.55. The zero-order valence-corrected chi connectivity index (χ0v) is 7.39. The minimum atomic E-state index is 0.533. The normalized spacial score (nSPS) is 14.5. The fourth-order valence-corrected chi connectivity index (χ4v) is 0.663. The van der Waals surface area contributed by atoms with Crippen LogP contribution in [0.3, 0.4) is 0 Å². The van der Waals surface area contributed by atoms with Crippen LogP contribution >= 0.6 is 0 Å². The average Bonchev–Trinajstić information content (AvgIpc) is 2.03. The first-order valence-electron chi connectivity index (χ1n) is 3.82. The standard InChI is InChI=1S/C10H15F/c1-4-9(2)10(3)7-5-6-8-11/h5-8H,4H2,1-3H3/b7-5-,8-6+,10-9+. The van der Waals surface area contributed by atoms with Gasteiger partial charge in [-0.3, -0.25) is 0 Å². The van der Waals surface area contributed by atoms with Crippen molar-refractivity contribution in [2.24, 2.45) is 0 Å². The van der Waals surface area contributed by atoms with Gasteiger partial charge in [-0.25, -0.2) is 4.39 Å². The van der Waals surface area contributed by atoms with Crippen LogP contribution in [0.1, 0.15) is 27.2 Å². The maximum absolute atomic E-state index is 11.5. The Kier molecular flexibility index (Phi) is 5.44. The molecule has 0 aromatic heterocycles. The van der Waals surface area contributed by atoms with Crippen molar-refractivity contribution in [2.45, 2.75) is 27.2 Å². The number of hydrogen-bond donors (Lipinski definition) is 0. The molecule has 11 heavy (non-hydrogen) atoms. The molecule has 0 saturated carbocycles. The van der Waals surface area contributed by atoms with Crippen LogP contribution in [0.5, 0.6) is 0 Å². The van der Waals surface area contributed by atoms with Gasteiger partial charge in [0.2, 0.25) is 0 Å². The molecule has 0 saturated heterocycles. The van der Waals surface area contributed by atoms with Crippen LogP contribution in [0.2, 0.25) is 0 Å². The summed E-state index contributed by atoms with van der Waals surface area (Å²) in [5.74, 6) is 0. The zero-order valence-electron chi connectivity index (χ0n) is 7.39. The lowest BCUT2D eigenvalue weighted by molar-refractivity contribution is 0.721. The molecule has 0 nitrogen and oxygen atoms in total. The van der Waals surface area contributed by atoms with Gasteiger partial charge in [-0.05, 0) is 26.3 Å². The van der Waals surface area contributed by atoms with Crippen LogP contribution in [0, 0.1) is 0 Å². The Bertz CT molecular complexity index is 185. The molecule has 0 spiro atoms. The molecule has 0 aliphatic carbocycles. The highest BCUT2D eigenvalue weighted by Crippen LogP contribution is 2.07. The van der Waals surface area contributed by atoms with Crippen LogP contribution < -0.4 is 0 Å². The fraction of sp³-hybridized carbons (Fsp3) is 0.400. The molecule has 0 amide bonds. The second-order valence-corrected chi connectivity index (χ2v) is 2.49. The Hall–Kier alpha value is -0.850. The molecule has 0 aliphatic rings. The minimum Gasteiger partial charge on any atom is -0.216 e. The van der Waals surface area contributed by atoms with E-state index in [9.17, 15) is 4.39 Å². The van der Waals surface area contributed by atoms with Crippen molar-refractivity contribution in [1.29, 1.82) is 0 Å². The van der Waals surface area contributed by atoms with Gasteiger partial charge < -0.3 is 0 Å². The van der Waals surface area contributed by atoms with E-state index in [0.29, 0.717) is 6.33 Å². The third-order valence-electron chi connectivity index (χ3n) is 1.73. The van der Waals surface area contributed by atoms with E-state index in [1.807, 2.05) is 13.0 Å². The first-order chi connectivity index (χ1) is 5.22. The van der Waals surface area contributed by atoms with Gasteiger partial charge in [0.1, 0.15) is 0 Å². The molecule has 0 aliphatic heterocycles. The minimum absolute atomic E-state index is 0.533. The first-order valence-corrected chi connectivity index (χ1v) is 3.82.